The molecule has 1 saturated heterocycles. The summed E-state index contributed by atoms with van der Waals surface area (Å²) in [6, 6.07) is 0.436. The number of hydrogen-bond donors (Lipinski definition) is 2. The van der Waals surface area contributed by atoms with Crippen molar-refractivity contribution < 1.29 is 9.90 Å². The van der Waals surface area contributed by atoms with Crippen molar-refractivity contribution in [3.05, 3.63) is 22.2 Å². The molecule has 0 amide bonds. The van der Waals surface area contributed by atoms with E-state index in [1.165, 1.54) is 23.8 Å². The van der Waals surface area contributed by atoms with Crippen LogP contribution in [0.5, 0.6) is 0 Å². The minimum atomic E-state index is -1.03. The van der Waals surface area contributed by atoms with Gasteiger partial charge in [-0.05, 0) is 45.1 Å². The second-order valence-electron chi connectivity index (χ2n) is 6.65. The maximum atomic E-state index is 12.4. The van der Waals surface area contributed by atoms with E-state index >= 15 is 0 Å². The van der Waals surface area contributed by atoms with E-state index in [0.717, 1.165) is 25.4 Å². The highest BCUT2D eigenvalue weighted by Gasteiger charge is 2.30. The van der Waals surface area contributed by atoms with Crippen LogP contribution in [0.15, 0.2) is 11.0 Å². The van der Waals surface area contributed by atoms with Crippen LogP contribution in [0.1, 0.15) is 31.4 Å². The molecule has 2 aliphatic rings. The van der Waals surface area contributed by atoms with Gasteiger partial charge in [0.25, 0.3) is 5.56 Å². The minimum Gasteiger partial charge on any atom is -0.480 e. The summed E-state index contributed by atoms with van der Waals surface area (Å²) in [5, 5.41) is 12.1. The van der Waals surface area contributed by atoms with Gasteiger partial charge in [-0.15, -0.1) is 0 Å². The van der Waals surface area contributed by atoms with E-state index in [1.54, 1.807) is 13.1 Å². The summed E-state index contributed by atoms with van der Waals surface area (Å²) in [4.78, 5) is 29.9. The number of carbonyl (C=O) groups is 1. The molecule has 1 atom stereocenters. The van der Waals surface area contributed by atoms with Crippen LogP contribution in [0.3, 0.4) is 0 Å². The normalized spacial score (nSPS) is 21.5. The van der Waals surface area contributed by atoms with Gasteiger partial charge in [0.05, 0.1) is 0 Å². The van der Waals surface area contributed by atoms with Gasteiger partial charge in [0, 0.05) is 31.0 Å². The molecular weight excluding hydrogens is 296 g/mol. The fourth-order valence-electron chi connectivity index (χ4n) is 3.24. The number of aromatic nitrogens is 2. The van der Waals surface area contributed by atoms with Crippen molar-refractivity contribution >= 4 is 11.8 Å². The van der Waals surface area contributed by atoms with E-state index in [0.29, 0.717) is 18.3 Å². The monoisotopic (exact) mass is 320 g/mol. The van der Waals surface area contributed by atoms with Crippen LogP contribution < -0.4 is 10.9 Å². The second-order valence-corrected chi connectivity index (χ2v) is 6.65. The standard InChI is InChI=1S/C16H24N4O3/c1-11-7-17-15(16(23)20(11)10-14(21)22)18-8-13-3-2-6-19(13)9-12-4-5-12/h7,12-13H,2-6,8-10H2,1H3,(H,17,18)(H,21,22). The molecule has 3 rings (SSSR count). The topological polar surface area (TPSA) is 87.5 Å². The molecule has 0 spiro atoms. The number of nitrogens with zero attached hydrogens (tertiary/aromatic N) is 3. The molecule has 126 valence electrons. The van der Waals surface area contributed by atoms with E-state index in [4.69, 9.17) is 5.11 Å². The molecule has 1 aromatic rings. The van der Waals surface area contributed by atoms with E-state index in [1.807, 2.05) is 0 Å². The van der Waals surface area contributed by atoms with Crippen LogP contribution >= 0.6 is 0 Å². The van der Waals surface area contributed by atoms with Gasteiger partial charge in [-0.25, -0.2) is 4.98 Å². The number of likely N-dealkylation sites (tertiary alicyclic amines) is 1. The van der Waals surface area contributed by atoms with Crippen molar-refractivity contribution in [2.75, 3.05) is 25.0 Å². The van der Waals surface area contributed by atoms with Crippen LogP contribution in [-0.2, 0) is 11.3 Å². The fraction of sp³-hybridized carbons (Fsp3) is 0.688. The van der Waals surface area contributed by atoms with Crippen molar-refractivity contribution in [1.29, 1.82) is 0 Å². The molecule has 0 aromatic carbocycles. The van der Waals surface area contributed by atoms with Gasteiger partial charge in [-0.2, -0.15) is 0 Å². The fourth-order valence-corrected chi connectivity index (χ4v) is 3.24. The molecule has 2 N–H and O–H groups in total. The lowest BCUT2D eigenvalue weighted by Gasteiger charge is -2.24. The van der Waals surface area contributed by atoms with Gasteiger partial charge in [0.1, 0.15) is 6.54 Å². The van der Waals surface area contributed by atoms with Crippen LogP contribution in [0.2, 0.25) is 0 Å². The van der Waals surface area contributed by atoms with E-state index in [-0.39, 0.29) is 17.9 Å². The summed E-state index contributed by atoms with van der Waals surface area (Å²) in [5.41, 5.74) is 0.193. The van der Waals surface area contributed by atoms with Crippen LogP contribution in [-0.4, -0.2) is 51.2 Å². The zero-order valence-corrected chi connectivity index (χ0v) is 13.5. The Morgan fingerprint density at radius 3 is 2.91 bits per heavy atom. The highest BCUT2D eigenvalue weighted by molar-refractivity contribution is 5.66. The molecule has 1 aromatic heterocycles. The number of aryl methyl sites for hydroxylation is 1. The maximum Gasteiger partial charge on any atom is 0.323 e. The molecule has 1 unspecified atom stereocenters. The lowest BCUT2D eigenvalue weighted by atomic mass is 10.2. The summed E-state index contributed by atoms with van der Waals surface area (Å²) >= 11 is 0. The predicted octanol–water partition coefficient (Wildman–Crippen LogP) is 0.923. The van der Waals surface area contributed by atoms with E-state index in [2.05, 4.69) is 15.2 Å². The van der Waals surface area contributed by atoms with Crippen LogP contribution in [0, 0.1) is 12.8 Å². The minimum absolute atomic E-state index is 0.245. The van der Waals surface area contributed by atoms with Gasteiger partial charge in [0.2, 0.25) is 0 Å². The maximum absolute atomic E-state index is 12.4. The Morgan fingerprint density at radius 1 is 1.43 bits per heavy atom. The number of hydrogen-bond acceptors (Lipinski definition) is 5. The molecule has 23 heavy (non-hydrogen) atoms. The Bertz CT molecular complexity index is 639. The molecule has 2 fully saturated rings. The number of nitrogens with one attached hydrogen (secondary N) is 1. The first-order valence-electron chi connectivity index (χ1n) is 8.30. The quantitative estimate of drug-likeness (QED) is 0.777. The van der Waals surface area contributed by atoms with Crippen molar-refractivity contribution in [3.63, 3.8) is 0 Å². The highest BCUT2D eigenvalue weighted by atomic mass is 16.4. The third kappa shape index (κ3) is 3.90. The van der Waals surface area contributed by atoms with Crippen molar-refractivity contribution in [3.8, 4) is 0 Å². The number of carboxylic acids is 1. The van der Waals surface area contributed by atoms with Gasteiger partial charge in [0.15, 0.2) is 5.82 Å². The molecule has 1 aliphatic heterocycles. The Hall–Kier alpha value is -1.89. The first-order chi connectivity index (χ1) is 11.0. The molecule has 7 heteroatoms. The zero-order chi connectivity index (χ0) is 16.4. The first kappa shape index (κ1) is 16.0. The second kappa shape index (κ2) is 6.70. The number of aliphatic carboxylic acids is 1. The summed E-state index contributed by atoms with van der Waals surface area (Å²) < 4.78 is 1.24. The zero-order valence-electron chi connectivity index (χ0n) is 13.5. The molecule has 0 bridgehead atoms. The molecule has 7 nitrogen and oxygen atoms in total. The van der Waals surface area contributed by atoms with Crippen LogP contribution in [0.4, 0.5) is 5.82 Å². The Kier molecular flexibility index (Phi) is 4.66. The summed E-state index contributed by atoms with van der Waals surface area (Å²) in [7, 11) is 0. The molecule has 2 heterocycles. The van der Waals surface area contributed by atoms with Crippen molar-refractivity contribution in [2.24, 2.45) is 5.92 Å². The summed E-state index contributed by atoms with van der Waals surface area (Å²) in [6.45, 7) is 4.34. The van der Waals surface area contributed by atoms with Gasteiger partial charge >= 0.3 is 5.97 Å². The molecule has 1 saturated carbocycles. The third-order valence-electron chi connectivity index (χ3n) is 4.74. The number of carboxylic acid groups (broad SMARTS) is 1. The largest absolute Gasteiger partial charge is 0.480 e. The van der Waals surface area contributed by atoms with Gasteiger partial charge < -0.3 is 10.4 Å². The van der Waals surface area contributed by atoms with Crippen molar-refractivity contribution in [1.82, 2.24) is 14.5 Å². The smallest absolute Gasteiger partial charge is 0.323 e. The SMILES string of the molecule is Cc1cnc(NCC2CCCN2CC2CC2)c(=O)n1CC(=O)O. The van der Waals surface area contributed by atoms with Crippen molar-refractivity contribution in [2.45, 2.75) is 45.2 Å². The average Bonchev–Trinajstić information content (AvgIpc) is 3.21. The third-order valence-corrected chi connectivity index (χ3v) is 4.74. The lowest BCUT2D eigenvalue weighted by Crippen LogP contribution is -2.38. The average molecular weight is 320 g/mol. The van der Waals surface area contributed by atoms with Gasteiger partial charge in [-0.1, -0.05) is 0 Å². The van der Waals surface area contributed by atoms with E-state index < -0.39 is 5.97 Å². The van der Waals surface area contributed by atoms with Gasteiger partial charge in [-0.3, -0.25) is 19.1 Å². The highest BCUT2D eigenvalue weighted by Crippen LogP contribution is 2.32. The lowest BCUT2D eigenvalue weighted by molar-refractivity contribution is -0.137. The Balaban J connectivity index is 1.65. The van der Waals surface area contributed by atoms with E-state index in [9.17, 15) is 9.59 Å². The molecular formula is C16H24N4O3. The summed E-state index contributed by atoms with van der Waals surface area (Å²) in [6.07, 6.45) is 6.56. The van der Waals surface area contributed by atoms with Crippen LogP contribution in [0.25, 0.3) is 0 Å². The Morgan fingerprint density at radius 2 is 2.22 bits per heavy atom. The molecule has 0 radical (unpaired) electrons. The Labute approximate surface area is 135 Å². The number of anilines is 1. The molecule has 1 aliphatic carbocycles. The summed E-state index contributed by atoms with van der Waals surface area (Å²) in [5.74, 6) is 0.0785. The predicted molar refractivity (Wildman–Crippen MR) is 86.7 cm³/mol. The first-order valence-corrected chi connectivity index (χ1v) is 8.30. The number of rotatable bonds is 7.